The molecule has 2 N–H and O–H groups in total. The van der Waals surface area contributed by atoms with E-state index in [1.807, 2.05) is 26.0 Å². The molecule has 9 heteroatoms. The monoisotopic (exact) mass is 532 g/mol. The number of ether oxygens (including phenoxy) is 2. The van der Waals surface area contributed by atoms with E-state index in [0.717, 1.165) is 21.3 Å². The van der Waals surface area contributed by atoms with Crippen LogP contribution in [0.25, 0.3) is 0 Å². The summed E-state index contributed by atoms with van der Waals surface area (Å²) < 4.78 is 39.6. The third kappa shape index (κ3) is 6.27. The smallest absolute Gasteiger partial charge is 0.262 e. The van der Waals surface area contributed by atoms with Gasteiger partial charge < -0.3 is 14.8 Å². The molecule has 0 saturated carbocycles. The van der Waals surface area contributed by atoms with Crippen molar-refractivity contribution in [1.29, 1.82) is 0 Å². The molecule has 0 radical (unpaired) electrons. The summed E-state index contributed by atoms with van der Waals surface area (Å²) >= 11 is 3.44. The lowest BCUT2D eigenvalue weighted by atomic mass is 10.1. The van der Waals surface area contributed by atoms with Crippen molar-refractivity contribution in [3.05, 3.63) is 75.8 Å². The fraction of sp³-hybridized carbons (Fsp3) is 0.208. The second kappa shape index (κ2) is 10.3. The molecule has 0 atom stereocenters. The summed E-state index contributed by atoms with van der Waals surface area (Å²) in [6.07, 6.45) is 0. The Kier molecular flexibility index (Phi) is 7.65. The van der Waals surface area contributed by atoms with Crippen LogP contribution in [-0.2, 0) is 14.8 Å². The Morgan fingerprint density at radius 3 is 2.15 bits per heavy atom. The highest BCUT2D eigenvalue weighted by molar-refractivity contribution is 9.10. The molecule has 0 heterocycles. The minimum atomic E-state index is -3.79. The standard InChI is InChI=1S/C24H25BrN2O5S/c1-15-13-21(33(29,30)27-19-5-7-20(31-4)8-6-19)9-10-22(15)32-14-23(28)26-24-16(2)11-18(25)12-17(24)3/h5-13,27H,14H2,1-4H3,(H,26,28). The van der Waals surface area contributed by atoms with Gasteiger partial charge in [0.15, 0.2) is 6.61 Å². The van der Waals surface area contributed by atoms with Gasteiger partial charge in [0.25, 0.3) is 15.9 Å². The van der Waals surface area contributed by atoms with Gasteiger partial charge in [-0.15, -0.1) is 0 Å². The van der Waals surface area contributed by atoms with E-state index in [1.54, 1.807) is 37.3 Å². The number of hydrogen-bond donors (Lipinski definition) is 2. The van der Waals surface area contributed by atoms with Crippen LogP contribution >= 0.6 is 15.9 Å². The van der Waals surface area contributed by atoms with Gasteiger partial charge >= 0.3 is 0 Å². The lowest BCUT2D eigenvalue weighted by Crippen LogP contribution is -2.21. The number of hydrogen-bond acceptors (Lipinski definition) is 5. The molecule has 174 valence electrons. The van der Waals surface area contributed by atoms with Crippen LogP contribution in [0.3, 0.4) is 0 Å². The second-order valence-electron chi connectivity index (χ2n) is 7.51. The first kappa shape index (κ1) is 24.6. The third-order valence-electron chi connectivity index (χ3n) is 4.92. The van der Waals surface area contributed by atoms with E-state index in [0.29, 0.717) is 22.7 Å². The fourth-order valence-electron chi connectivity index (χ4n) is 3.25. The third-order valence-corrected chi connectivity index (χ3v) is 6.76. The molecule has 0 fully saturated rings. The van der Waals surface area contributed by atoms with E-state index in [2.05, 4.69) is 26.0 Å². The molecule has 0 bridgehead atoms. The number of halogens is 1. The van der Waals surface area contributed by atoms with Crippen LogP contribution in [0.2, 0.25) is 0 Å². The van der Waals surface area contributed by atoms with E-state index >= 15 is 0 Å². The summed E-state index contributed by atoms with van der Waals surface area (Å²) in [7, 11) is -2.25. The van der Waals surface area contributed by atoms with Crippen molar-refractivity contribution in [3.63, 3.8) is 0 Å². The average molecular weight is 533 g/mol. The van der Waals surface area contributed by atoms with Crippen molar-refractivity contribution in [1.82, 2.24) is 0 Å². The fourth-order valence-corrected chi connectivity index (χ4v) is 5.08. The van der Waals surface area contributed by atoms with Gasteiger partial charge in [0.1, 0.15) is 11.5 Å². The van der Waals surface area contributed by atoms with Gasteiger partial charge in [0.05, 0.1) is 12.0 Å². The summed E-state index contributed by atoms with van der Waals surface area (Å²) in [6.45, 7) is 5.35. The maximum Gasteiger partial charge on any atom is 0.262 e. The molecule has 33 heavy (non-hydrogen) atoms. The van der Waals surface area contributed by atoms with Crippen molar-refractivity contribution in [2.45, 2.75) is 25.7 Å². The number of amides is 1. The average Bonchev–Trinajstić information content (AvgIpc) is 2.75. The molecule has 0 saturated heterocycles. The van der Waals surface area contributed by atoms with Crippen LogP contribution in [0.5, 0.6) is 11.5 Å². The molecule has 0 spiro atoms. The largest absolute Gasteiger partial charge is 0.497 e. The predicted octanol–water partition coefficient (Wildman–Crippen LogP) is 5.20. The Labute approximate surface area is 202 Å². The number of rotatable bonds is 8. The Hall–Kier alpha value is -3.04. The second-order valence-corrected chi connectivity index (χ2v) is 10.1. The molecule has 0 aliphatic carbocycles. The molecule has 0 aliphatic heterocycles. The first-order chi connectivity index (χ1) is 15.6. The van der Waals surface area contributed by atoms with E-state index < -0.39 is 10.0 Å². The zero-order valence-corrected chi connectivity index (χ0v) is 21.1. The number of nitrogens with one attached hydrogen (secondary N) is 2. The highest BCUT2D eigenvalue weighted by atomic mass is 79.9. The summed E-state index contributed by atoms with van der Waals surface area (Å²) in [6, 6.07) is 14.9. The Morgan fingerprint density at radius 1 is 0.939 bits per heavy atom. The van der Waals surface area contributed by atoms with Crippen LogP contribution in [0.15, 0.2) is 64.0 Å². The summed E-state index contributed by atoms with van der Waals surface area (Å²) in [5.41, 5.74) is 3.63. The van der Waals surface area contributed by atoms with Crippen molar-refractivity contribution >= 4 is 43.2 Å². The van der Waals surface area contributed by atoms with E-state index in [9.17, 15) is 13.2 Å². The number of aryl methyl sites for hydroxylation is 3. The number of anilines is 2. The van der Waals surface area contributed by atoms with Crippen molar-refractivity contribution in [3.8, 4) is 11.5 Å². The predicted molar refractivity (Wildman–Crippen MR) is 133 cm³/mol. The number of methoxy groups -OCH3 is 1. The zero-order chi connectivity index (χ0) is 24.2. The molecular weight excluding hydrogens is 508 g/mol. The number of carbonyl (C=O) groups is 1. The highest BCUT2D eigenvalue weighted by Crippen LogP contribution is 2.26. The maximum absolute atomic E-state index is 12.7. The van der Waals surface area contributed by atoms with Gasteiger partial charge in [0.2, 0.25) is 0 Å². The van der Waals surface area contributed by atoms with Crippen molar-refractivity contribution in [2.24, 2.45) is 0 Å². The van der Waals surface area contributed by atoms with E-state index in [1.165, 1.54) is 19.2 Å². The minimum absolute atomic E-state index is 0.0914. The lowest BCUT2D eigenvalue weighted by molar-refractivity contribution is -0.118. The SMILES string of the molecule is COc1ccc(NS(=O)(=O)c2ccc(OCC(=O)Nc3c(C)cc(Br)cc3C)c(C)c2)cc1. The van der Waals surface area contributed by atoms with Gasteiger partial charge in [0, 0.05) is 15.8 Å². The molecule has 0 aliphatic rings. The van der Waals surface area contributed by atoms with Crippen molar-refractivity contribution in [2.75, 3.05) is 23.8 Å². The summed E-state index contributed by atoms with van der Waals surface area (Å²) in [5, 5.41) is 2.87. The normalized spacial score (nSPS) is 11.1. The van der Waals surface area contributed by atoms with Crippen LogP contribution < -0.4 is 19.5 Å². The molecule has 0 aromatic heterocycles. The molecular formula is C24H25BrN2O5S. The Bertz CT molecular complexity index is 1250. The van der Waals surface area contributed by atoms with Gasteiger partial charge in [-0.2, -0.15) is 0 Å². The van der Waals surface area contributed by atoms with E-state index in [-0.39, 0.29) is 17.4 Å². The topological polar surface area (TPSA) is 93.7 Å². The molecule has 0 unspecified atom stereocenters. The first-order valence-corrected chi connectivity index (χ1v) is 12.3. The molecule has 3 aromatic rings. The van der Waals surface area contributed by atoms with Gasteiger partial charge in [-0.25, -0.2) is 8.42 Å². The summed E-state index contributed by atoms with van der Waals surface area (Å²) in [5.74, 6) is 0.753. The van der Waals surface area contributed by atoms with E-state index in [4.69, 9.17) is 9.47 Å². The van der Waals surface area contributed by atoms with Crippen LogP contribution in [-0.4, -0.2) is 28.0 Å². The minimum Gasteiger partial charge on any atom is -0.497 e. The van der Waals surface area contributed by atoms with Crippen LogP contribution in [0.1, 0.15) is 16.7 Å². The Balaban J connectivity index is 1.65. The van der Waals surface area contributed by atoms with Crippen LogP contribution in [0, 0.1) is 20.8 Å². The molecule has 3 aromatic carbocycles. The van der Waals surface area contributed by atoms with Crippen molar-refractivity contribution < 1.29 is 22.7 Å². The van der Waals surface area contributed by atoms with Gasteiger partial charge in [-0.1, -0.05) is 15.9 Å². The van der Waals surface area contributed by atoms with Crippen LogP contribution in [0.4, 0.5) is 11.4 Å². The first-order valence-electron chi connectivity index (χ1n) is 10.1. The maximum atomic E-state index is 12.7. The molecule has 7 nitrogen and oxygen atoms in total. The summed E-state index contributed by atoms with van der Waals surface area (Å²) in [4.78, 5) is 12.5. The van der Waals surface area contributed by atoms with Gasteiger partial charge in [-0.05, 0) is 92.1 Å². The molecule has 1 amide bonds. The van der Waals surface area contributed by atoms with Gasteiger partial charge in [-0.3, -0.25) is 9.52 Å². The highest BCUT2D eigenvalue weighted by Gasteiger charge is 2.17. The number of sulfonamides is 1. The zero-order valence-electron chi connectivity index (χ0n) is 18.7. The number of benzene rings is 3. The lowest BCUT2D eigenvalue weighted by Gasteiger charge is -2.14. The molecule has 3 rings (SSSR count). The Morgan fingerprint density at radius 2 is 1.58 bits per heavy atom. The quantitative estimate of drug-likeness (QED) is 0.415. The number of carbonyl (C=O) groups excluding carboxylic acids is 1.